The zero-order valence-corrected chi connectivity index (χ0v) is 14.6. The van der Waals surface area contributed by atoms with Crippen molar-refractivity contribution in [3.63, 3.8) is 0 Å². The number of hydrogen-bond acceptors (Lipinski definition) is 4. The Bertz CT molecular complexity index is 921. The first-order valence-electron chi connectivity index (χ1n) is 8.62. The van der Waals surface area contributed by atoms with Crippen LogP contribution in [0.15, 0.2) is 48.8 Å². The van der Waals surface area contributed by atoms with Crippen LogP contribution in [0.1, 0.15) is 16.8 Å². The normalized spacial score (nSPS) is 13.3. The molecule has 26 heavy (non-hydrogen) atoms. The molecule has 0 unspecified atom stereocenters. The van der Waals surface area contributed by atoms with Gasteiger partial charge in [0.15, 0.2) is 0 Å². The van der Waals surface area contributed by atoms with Crippen LogP contribution in [0.5, 0.6) is 5.75 Å². The molecule has 6 heteroatoms. The summed E-state index contributed by atoms with van der Waals surface area (Å²) in [6.45, 7) is 1.26. The zero-order valence-electron chi connectivity index (χ0n) is 14.6. The Morgan fingerprint density at radius 2 is 2.04 bits per heavy atom. The van der Waals surface area contributed by atoms with E-state index in [1.165, 1.54) is 0 Å². The van der Waals surface area contributed by atoms with Gasteiger partial charge in [0.05, 0.1) is 19.2 Å². The minimum Gasteiger partial charge on any atom is -0.496 e. The van der Waals surface area contributed by atoms with Crippen LogP contribution in [-0.2, 0) is 24.2 Å². The molecule has 2 aromatic heterocycles. The smallest absolute Gasteiger partial charge is 0.227 e. The molecule has 4 rings (SSSR count). The molecular formula is C20H20N4O2. The van der Waals surface area contributed by atoms with E-state index in [-0.39, 0.29) is 5.91 Å². The highest BCUT2D eigenvalue weighted by Gasteiger charge is 2.26. The van der Waals surface area contributed by atoms with Gasteiger partial charge in [0.2, 0.25) is 5.91 Å². The highest BCUT2D eigenvalue weighted by Crippen LogP contribution is 2.28. The summed E-state index contributed by atoms with van der Waals surface area (Å²) in [4.78, 5) is 18.8. The number of hydrogen-bond donors (Lipinski definition) is 1. The fourth-order valence-electron chi connectivity index (χ4n) is 3.38. The number of benzene rings is 1. The predicted molar refractivity (Wildman–Crippen MR) is 97.6 cm³/mol. The van der Waals surface area contributed by atoms with Crippen molar-refractivity contribution in [3.05, 3.63) is 65.6 Å². The summed E-state index contributed by atoms with van der Waals surface area (Å²) in [7, 11) is 1.63. The molecule has 0 radical (unpaired) electrons. The van der Waals surface area contributed by atoms with E-state index in [0.717, 1.165) is 40.2 Å². The molecule has 0 aliphatic carbocycles. The molecule has 1 aromatic carbocycles. The van der Waals surface area contributed by atoms with Gasteiger partial charge >= 0.3 is 0 Å². The largest absolute Gasteiger partial charge is 0.496 e. The van der Waals surface area contributed by atoms with Crippen molar-refractivity contribution in [3.8, 4) is 17.0 Å². The van der Waals surface area contributed by atoms with Crippen molar-refractivity contribution in [1.82, 2.24) is 20.1 Å². The van der Waals surface area contributed by atoms with Crippen LogP contribution in [0.2, 0.25) is 0 Å². The van der Waals surface area contributed by atoms with Crippen LogP contribution >= 0.6 is 0 Å². The van der Waals surface area contributed by atoms with Crippen molar-refractivity contribution in [2.45, 2.75) is 19.4 Å². The van der Waals surface area contributed by atoms with Gasteiger partial charge in [-0.15, -0.1) is 0 Å². The minimum atomic E-state index is 0.0991. The van der Waals surface area contributed by atoms with Crippen LogP contribution in [0, 0.1) is 0 Å². The number of H-pyrrole nitrogens is 1. The standard InChI is InChI=1S/C20H20N4O2/c1-26-18-5-3-2-4-15(18)12-19(25)24-11-8-17-16(13-24)20(23-22-17)14-6-9-21-10-7-14/h2-7,9-10H,8,11-13H2,1H3,(H,22,23). The van der Waals surface area contributed by atoms with E-state index in [1.807, 2.05) is 41.3 Å². The molecule has 1 amide bonds. The van der Waals surface area contributed by atoms with Crippen molar-refractivity contribution in [1.29, 1.82) is 0 Å². The fraction of sp³-hybridized carbons (Fsp3) is 0.250. The molecule has 0 saturated heterocycles. The summed E-state index contributed by atoms with van der Waals surface area (Å²) in [5.41, 5.74) is 5.02. The van der Waals surface area contributed by atoms with Gasteiger partial charge in [0.25, 0.3) is 0 Å². The Morgan fingerprint density at radius 1 is 1.23 bits per heavy atom. The molecule has 1 aliphatic rings. The van der Waals surface area contributed by atoms with Crippen molar-refractivity contribution >= 4 is 5.91 Å². The van der Waals surface area contributed by atoms with Crippen LogP contribution < -0.4 is 4.74 Å². The zero-order chi connectivity index (χ0) is 17.9. The summed E-state index contributed by atoms with van der Waals surface area (Å²) in [6, 6.07) is 11.5. The van der Waals surface area contributed by atoms with E-state index < -0.39 is 0 Å². The van der Waals surface area contributed by atoms with Gasteiger partial charge in [-0.1, -0.05) is 18.2 Å². The van der Waals surface area contributed by atoms with Crippen molar-refractivity contribution in [2.24, 2.45) is 0 Å². The summed E-state index contributed by atoms with van der Waals surface area (Å²) in [6.07, 6.45) is 4.63. The van der Waals surface area contributed by atoms with Gasteiger partial charge in [0, 0.05) is 54.3 Å². The van der Waals surface area contributed by atoms with Gasteiger partial charge in [-0.2, -0.15) is 5.10 Å². The first kappa shape index (κ1) is 16.3. The first-order chi connectivity index (χ1) is 12.8. The van der Waals surface area contributed by atoms with Crippen molar-refractivity contribution in [2.75, 3.05) is 13.7 Å². The predicted octanol–water partition coefficient (Wildman–Crippen LogP) is 2.61. The number of fused-ring (bicyclic) bond motifs is 1. The van der Waals surface area contributed by atoms with E-state index in [2.05, 4.69) is 15.2 Å². The topological polar surface area (TPSA) is 71.1 Å². The molecular weight excluding hydrogens is 328 g/mol. The number of nitrogens with one attached hydrogen (secondary N) is 1. The van der Waals surface area contributed by atoms with E-state index >= 15 is 0 Å². The molecule has 0 fully saturated rings. The van der Waals surface area contributed by atoms with Gasteiger partial charge < -0.3 is 9.64 Å². The second kappa shape index (κ2) is 7.00. The molecule has 1 N–H and O–H groups in total. The maximum absolute atomic E-state index is 12.8. The number of amides is 1. The molecule has 132 valence electrons. The Labute approximate surface area is 151 Å². The first-order valence-corrected chi connectivity index (χ1v) is 8.62. The molecule has 3 heterocycles. The molecule has 3 aromatic rings. The number of pyridine rings is 1. The number of ether oxygens (including phenoxy) is 1. The highest BCUT2D eigenvalue weighted by atomic mass is 16.5. The minimum absolute atomic E-state index is 0.0991. The van der Waals surface area contributed by atoms with Crippen molar-refractivity contribution < 1.29 is 9.53 Å². The Morgan fingerprint density at radius 3 is 2.85 bits per heavy atom. The third-order valence-electron chi connectivity index (χ3n) is 4.77. The summed E-state index contributed by atoms with van der Waals surface area (Å²) in [5, 5.41) is 7.59. The lowest BCUT2D eigenvalue weighted by atomic mass is 10.0. The van der Waals surface area contributed by atoms with Crippen LogP contribution in [-0.4, -0.2) is 39.6 Å². The molecule has 0 atom stereocenters. The number of aromatic nitrogens is 3. The lowest BCUT2D eigenvalue weighted by molar-refractivity contribution is -0.131. The monoisotopic (exact) mass is 348 g/mol. The molecule has 0 spiro atoms. The number of methoxy groups -OCH3 is 1. The number of aromatic amines is 1. The molecule has 0 bridgehead atoms. The summed E-state index contributed by atoms with van der Waals surface area (Å²) in [5.74, 6) is 0.848. The number of carbonyl (C=O) groups is 1. The number of para-hydroxylation sites is 1. The maximum Gasteiger partial charge on any atom is 0.227 e. The molecule has 0 saturated carbocycles. The van der Waals surface area contributed by atoms with Gasteiger partial charge in [0.1, 0.15) is 5.75 Å². The fourth-order valence-corrected chi connectivity index (χ4v) is 3.38. The van der Waals surface area contributed by atoms with E-state index in [0.29, 0.717) is 19.5 Å². The van der Waals surface area contributed by atoms with Gasteiger partial charge in [-0.3, -0.25) is 14.9 Å². The van der Waals surface area contributed by atoms with E-state index in [9.17, 15) is 4.79 Å². The number of carbonyl (C=O) groups excluding carboxylic acids is 1. The van der Waals surface area contributed by atoms with Crippen LogP contribution in [0.4, 0.5) is 0 Å². The van der Waals surface area contributed by atoms with E-state index in [4.69, 9.17) is 4.74 Å². The molecule has 1 aliphatic heterocycles. The Hall–Kier alpha value is -3.15. The highest BCUT2D eigenvalue weighted by molar-refractivity contribution is 5.80. The third-order valence-corrected chi connectivity index (χ3v) is 4.77. The Kier molecular flexibility index (Phi) is 4.39. The second-order valence-electron chi connectivity index (χ2n) is 6.32. The molecule has 6 nitrogen and oxygen atoms in total. The second-order valence-corrected chi connectivity index (χ2v) is 6.32. The van der Waals surface area contributed by atoms with Gasteiger partial charge in [-0.25, -0.2) is 0 Å². The third kappa shape index (κ3) is 3.06. The summed E-state index contributed by atoms with van der Waals surface area (Å²) < 4.78 is 5.36. The average Bonchev–Trinajstić information content (AvgIpc) is 3.12. The van der Waals surface area contributed by atoms with Gasteiger partial charge in [-0.05, 0) is 18.2 Å². The summed E-state index contributed by atoms with van der Waals surface area (Å²) >= 11 is 0. The van der Waals surface area contributed by atoms with Crippen LogP contribution in [0.25, 0.3) is 11.3 Å². The lowest BCUT2D eigenvalue weighted by Gasteiger charge is -2.27. The Balaban J connectivity index is 1.55. The lowest BCUT2D eigenvalue weighted by Crippen LogP contribution is -2.36. The van der Waals surface area contributed by atoms with E-state index in [1.54, 1.807) is 19.5 Å². The average molecular weight is 348 g/mol. The SMILES string of the molecule is COc1ccccc1CC(=O)N1CCc2[nH]nc(-c3ccncc3)c2C1. The quantitative estimate of drug-likeness (QED) is 0.787. The van der Waals surface area contributed by atoms with Crippen LogP contribution in [0.3, 0.4) is 0 Å². The number of rotatable bonds is 4. The number of nitrogens with zero attached hydrogens (tertiary/aromatic N) is 3. The maximum atomic E-state index is 12.8.